The van der Waals surface area contributed by atoms with E-state index in [0.29, 0.717) is 18.0 Å². The maximum Gasteiger partial charge on any atom is 0.422 e. The van der Waals surface area contributed by atoms with E-state index in [-0.39, 0.29) is 12.6 Å². The molecule has 1 aliphatic rings. The van der Waals surface area contributed by atoms with Crippen LogP contribution in [0.1, 0.15) is 27.7 Å². The lowest BCUT2D eigenvalue weighted by atomic mass is 10.1. The van der Waals surface area contributed by atoms with Crippen molar-refractivity contribution in [1.29, 1.82) is 0 Å². The summed E-state index contributed by atoms with van der Waals surface area (Å²) in [5.41, 5.74) is 1.10. The molecule has 0 saturated carbocycles. The summed E-state index contributed by atoms with van der Waals surface area (Å²) < 4.78 is 44.4. The fourth-order valence-electron chi connectivity index (χ4n) is 4.05. The Labute approximate surface area is 206 Å². The predicted molar refractivity (Wildman–Crippen MR) is 134 cm³/mol. The first-order valence-corrected chi connectivity index (χ1v) is 12.9. The van der Waals surface area contributed by atoms with Crippen LogP contribution < -0.4 is 23.8 Å². The van der Waals surface area contributed by atoms with Crippen molar-refractivity contribution < 1.29 is 27.4 Å². The number of methoxy groups -OCH3 is 2. The third-order valence-corrected chi connectivity index (χ3v) is 6.66. The minimum absolute atomic E-state index is 0.164. The number of pyridine rings is 1. The molecular weight excluding hydrogens is 474 g/mol. The minimum atomic E-state index is -4.00. The van der Waals surface area contributed by atoms with E-state index in [9.17, 15) is 13.2 Å². The molecule has 1 aromatic carbocycles. The van der Waals surface area contributed by atoms with Gasteiger partial charge in [-0.15, -0.1) is 0 Å². The molecule has 12 heteroatoms. The zero-order valence-corrected chi connectivity index (χ0v) is 21.9. The van der Waals surface area contributed by atoms with Crippen LogP contribution in [0.5, 0.6) is 11.5 Å². The van der Waals surface area contributed by atoms with Crippen LogP contribution in [-0.2, 0) is 14.9 Å². The lowest BCUT2D eigenvalue weighted by Gasteiger charge is -2.41. The average molecular weight is 510 g/mol. The second-order valence-electron chi connectivity index (χ2n) is 9.39. The first-order valence-electron chi connectivity index (χ1n) is 11.4. The fraction of sp³-hybridized carbons (Fsp3) is 0.565. The molecule has 0 radical (unpaired) electrons. The van der Waals surface area contributed by atoms with Gasteiger partial charge >= 0.3 is 16.3 Å². The van der Waals surface area contributed by atoms with Crippen LogP contribution in [0.15, 0.2) is 24.4 Å². The van der Waals surface area contributed by atoms with Crippen LogP contribution in [0.2, 0.25) is 0 Å². The fourth-order valence-corrected chi connectivity index (χ4v) is 4.74. The Morgan fingerprint density at radius 2 is 1.86 bits per heavy atom. The van der Waals surface area contributed by atoms with Crippen LogP contribution in [0.25, 0.3) is 10.9 Å². The van der Waals surface area contributed by atoms with Gasteiger partial charge in [0.05, 0.1) is 19.7 Å². The first-order chi connectivity index (χ1) is 16.4. The Kier molecular flexibility index (Phi) is 8.29. The average Bonchev–Trinajstić information content (AvgIpc) is 2.76. The maximum atomic E-state index is 12.1. The summed E-state index contributed by atoms with van der Waals surface area (Å²) in [5.74, 6) is 1.28. The maximum absolute atomic E-state index is 12.1. The van der Waals surface area contributed by atoms with Gasteiger partial charge < -0.3 is 19.1 Å². The number of hydrogen-bond donors (Lipinski definition) is 2. The highest BCUT2D eigenvalue weighted by atomic mass is 32.2. The number of aromatic nitrogens is 1. The molecule has 11 nitrogen and oxygen atoms in total. The van der Waals surface area contributed by atoms with Crippen molar-refractivity contribution in [2.24, 2.45) is 0 Å². The third kappa shape index (κ3) is 7.09. The van der Waals surface area contributed by atoms with Gasteiger partial charge in [0.25, 0.3) is 0 Å². The van der Waals surface area contributed by atoms with Crippen molar-refractivity contribution in [3.8, 4) is 11.5 Å². The van der Waals surface area contributed by atoms with Crippen molar-refractivity contribution in [3.63, 3.8) is 0 Å². The van der Waals surface area contributed by atoms with Crippen molar-refractivity contribution in [1.82, 2.24) is 19.3 Å². The number of carbonyl (C=O) groups excluding carboxylic acids is 1. The van der Waals surface area contributed by atoms with Gasteiger partial charge in [0.15, 0.2) is 11.5 Å². The molecule has 1 saturated heterocycles. The number of nitrogens with zero attached hydrogens (tertiary/aromatic N) is 3. The van der Waals surface area contributed by atoms with E-state index in [0.717, 1.165) is 36.2 Å². The molecule has 0 aliphatic carbocycles. The zero-order valence-electron chi connectivity index (χ0n) is 21.1. The summed E-state index contributed by atoms with van der Waals surface area (Å²) in [6.07, 6.45) is 0.776. The van der Waals surface area contributed by atoms with Gasteiger partial charge in [0.1, 0.15) is 5.60 Å². The summed E-state index contributed by atoms with van der Waals surface area (Å²) in [6, 6.07) is 5.98. The Morgan fingerprint density at radius 3 is 2.49 bits per heavy atom. The molecule has 0 spiro atoms. The Balaban J connectivity index is 1.59. The monoisotopic (exact) mass is 509 g/mol. The van der Waals surface area contributed by atoms with Crippen LogP contribution in [0, 0.1) is 0 Å². The van der Waals surface area contributed by atoms with Crippen molar-refractivity contribution in [3.05, 3.63) is 24.4 Å². The van der Waals surface area contributed by atoms with E-state index in [1.807, 2.05) is 22.9 Å². The first kappa shape index (κ1) is 26.8. The number of nitrogens with one attached hydrogen (secondary N) is 2. The number of rotatable bonds is 8. The Hall–Kier alpha value is -2.83. The molecule has 1 atom stereocenters. The highest BCUT2D eigenvalue weighted by Gasteiger charge is 2.26. The molecule has 2 N–H and O–H groups in total. The van der Waals surface area contributed by atoms with E-state index >= 15 is 0 Å². The normalized spacial score (nSPS) is 17.3. The lowest BCUT2D eigenvalue weighted by molar-refractivity contribution is 0.0569. The topological polar surface area (TPSA) is 122 Å². The summed E-state index contributed by atoms with van der Waals surface area (Å²) in [7, 11) is -0.794. The molecule has 1 aliphatic heterocycles. The number of piperazine rings is 1. The van der Waals surface area contributed by atoms with E-state index in [1.54, 1.807) is 41.2 Å². The number of benzene rings is 1. The highest BCUT2D eigenvalue weighted by Crippen LogP contribution is 2.36. The van der Waals surface area contributed by atoms with Crippen molar-refractivity contribution in [2.45, 2.75) is 39.3 Å². The molecule has 35 heavy (non-hydrogen) atoms. The standard InChI is InChI=1S/C23H35N5O6S/c1-16-15-28(19-7-8-24-18-14-21(33-6)20(32-5)13-17(18)19)12-11-27(16)10-9-25-35(30,31)26-22(29)34-23(2,3)4/h7-8,13-14,16,25H,9-12,15H2,1-6H3,(H,26,29)/t16-/m0/s1. The lowest BCUT2D eigenvalue weighted by Crippen LogP contribution is -2.54. The third-order valence-electron chi connectivity index (χ3n) is 5.64. The molecule has 0 bridgehead atoms. The molecule has 0 unspecified atom stereocenters. The number of anilines is 1. The SMILES string of the molecule is COc1cc2nccc(N3CCN(CCNS(=O)(=O)NC(=O)OC(C)(C)C)[C@@H](C)C3)c2cc1OC. The summed E-state index contributed by atoms with van der Waals surface area (Å²) in [4.78, 5) is 20.7. The number of carbonyl (C=O) groups is 1. The Morgan fingerprint density at radius 1 is 1.17 bits per heavy atom. The van der Waals surface area contributed by atoms with Gasteiger partial charge in [0.2, 0.25) is 0 Å². The Bertz CT molecular complexity index is 1150. The number of hydrogen-bond acceptors (Lipinski definition) is 9. The second kappa shape index (κ2) is 10.8. The number of fused-ring (bicyclic) bond motifs is 1. The highest BCUT2D eigenvalue weighted by molar-refractivity contribution is 7.88. The van der Waals surface area contributed by atoms with Gasteiger partial charge in [-0.3, -0.25) is 9.88 Å². The van der Waals surface area contributed by atoms with Gasteiger partial charge in [0, 0.05) is 62.1 Å². The van der Waals surface area contributed by atoms with E-state index in [4.69, 9.17) is 14.2 Å². The predicted octanol–water partition coefficient (Wildman–Crippen LogP) is 2.12. The molecular formula is C23H35N5O6S. The summed E-state index contributed by atoms with van der Waals surface area (Å²) in [6.45, 7) is 10.0. The second-order valence-corrected chi connectivity index (χ2v) is 10.9. The summed E-state index contributed by atoms with van der Waals surface area (Å²) in [5, 5.41) is 0.978. The molecule has 2 heterocycles. The smallest absolute Gasteiger partial charge is 0.422 e. The molecule has 194 valence electrons. The van der Waals surface area contributed by atoms with E-state index in [1.165, 1.54) is 0 Å². The van der Waals surface area contributed by atoms with Crippen LogP contribution in [-0.4, -0.2) is 83.0 Å². The van der Waals surface area contributed by atoms with E-state index in [2.05, 4.69) is 26.4 Å². The number of amides is 1. The van der Waals surface area contributed by atoms with Crippen molar-refractivity contribution >= 4 is 32.9 Å². The largest absolute Gasteiger partial charge is 0.493 e. The molecule has 1 fully saturated rings. The van der Waals surface area contributed by atoms with Gasteiger partial charge in [-0.25, -0.2) is 9.52 Å². The van der Waals surface area contributed by atoms with Crippen LogP contribution >= 0.6 is 0 Å². The molecule has 3 rings (SSSR count). The zero-order chi connectivity index (χ0) is 25.8. The van der Waals surface area contributed by atoms with Crippen LogP contribution in [0.3, 0.4) is 0 Å². The molecule has 1 aromatic heterocycles. The van der Waals surface area contributed by atoms with Gasteiger partial charge in [-0.05, 0) is 39.8 Å². The summed E-state index contributed by atoms with van der Waals surface area (Å²) >= 11 is 0. The van der Waals surface area contributed by atoms with E-state index < -0.39 is 21.9 Å². The minimum Gasteiger partial charge on any atom is -0.493 e. The molecule has 1 amide bonds. The van der Waals surface area contributed by atoms with Gasteiger partial charge in [-0.1, -0.05) is 0 Å². The number of ether oxygens (including phenoxy) is 3. The molecule has 2 aromatic rings. The van der Waals surface area contributed by atoms with Crippen molar-refractivity contribution in [2.75, 3.05) is 51.8 Å². The quantitative estimate of drug-likeness (QED) is 0.551. The van der Waals surface area contributed by atoms with Gasteiger partial charge in [-0.2, -0.15) is 13.1 Å². The van der Waals surface area contributed by atoms with Crippen LogP contribution in [0.4, 0.5) is 10.5 Å².